The number of aromatic nitrogens is 1. The lowest BCUT2D eigenvalue weighted by Gasteiger charge is -2.33. The van der Waals surface area contributed by atoms with Crippen molar-refractivity contribution >= 4 is 6.03 Å². The number of ether oxygens (including phenoxy) is 3. The summed E-state index contributed by atoms with van der Waals surface area (Å²) in [5.74, 6) is 1.09. The third-order valence-electron chi connectivity index (χ3n) is 8.40. The van der Waals surface area contributed by atoms with Gasteiger partial charge >= 0.3 is 6.03 Å². The van der Waals surface area contributed by atoms with Gasteiger partial charge in [0.15, 0.2) is 0 Å². The van der Waals surface area contributed by atoms with Crippen molar-refractivity contribution in [3.63, 3.8) is 0 Å². The molecule has 0 radical (unpaired) electrons. The highest BCUT2D eigenvalue weighted by Crippen LogP contribution is 2.42. The quantitative estimate of drug-likeness (QED) is 0.365. The van der Waals surface area contributed by atoms with Crippen molar-refractivity contribution in [3.05, 3.63) is 75.5 Å². The van der Waals surface area contributed by atoms with Crippen LogP contribution in [-0.4, -0.2) is 59.1 Å². The molecule has 0 spiro atoms. The Labute approximate surface area is 257 Å². The third-order valence-corrected chi connectivity index (χ3v) is 8.40. The molecule has 2 heterocycles. The van der Waals surface area contributed by atoms with Gasteiger partial charge in [0.2, 0.25) is 0 Å². The van der Waals surface area contributed by atoms with Gasteiger partial charge in [-0.2, -0.15) is 0 Å². The van der Waals surface area contributed by atoms with Crippen LogP contribution in [0.3, 0.4) is 0 Å². The molecule has 0 unspecified atom stereocenters. The predicted molar refractivity (Wildman–Crippen MR) is 166 cm³/mol. The van der Waals surface area contributed by atoms with Crippen LogP contribution in [0.5, 0.6) is 17.2 Å². The first-order valence-corrected chi connectivity index (χ1v) is 15.2. The summed E-state index contributed by atoms with van der Waals surface area (Å²) < 4.78 is 33.8. The molecule has 2 aromatic carbocycles. The highest BCUT2D eigenvalue weighted by atomic mass is 19.1. The van der Waals surface area contributed by atoms with Crippen molar-refractivity contribution in [1.29, 1.82) is 0 Å². The number of hydrogen-bond donors (Lipinski definition) is 2. The van der Waals surface area contributed by atoms with E-state index in [1.165, 1.54) is 22.8 Å². The molecule has 1 aliphatic heterocycles. The zero-order chi connectivity index (χ0) is 31.6. The monoisotopic (exact) mass is 607 g/mol. The maximum absolute atomic E-state index is 14.0. The first-order valence-electron chi connectivity index (χ1n) is 15.2. The van der Waals surface area contributed by atoms with Crippen LogP contribution in [0.4, 0.5) is 9.18 Å². The molecule has 5 rings (SSSR count). The van der Waals surface area contributed by atoms with Crippen molar-refractivity contribution in [2.24, 2.45) is 7.05 Å². The normalized spacial score (nSPS) is 19.0. The average Bonchev–Trinajstić information content (AvgIpc) is 2.97. The van der Waals surface area contributed by atoms with E-state index in [-0.39, 0.29) is 29.6 Å². The number of rotatable bonds is 7. The number of carbonyl (C=O) groups is 1. The lowest BCUT2D eigenvalue weighted by atomic mass is 9.92. The first kappa shape index (κ1) is 31.5. The Morgan fingerprint density at radius 2 is 1.66 bits per heavy atom. The smallest absolute Gasteiger partial charge is 0.317 e. The Hall–Kier alpha value is -3.89. The van der Waals surface area contributed by atoms with Gasteiger partial charge in [0.25, 0.3) is 5.56 Å². The Kier molecular flexibility index (Phi) is 9.31. The maximum Gasteiger partial charge on any atom is 0.317 e. The molecule has 2 N–H and O–H groups in total. The molecule has 1 aliphatic carbocycles. The fourth-order valence-corrected chi connectivity index (χ4v) is 5.83. The summed E-state index contributed by atoms with van der Waals surface area (Å²) in [4.78, 5) is 27.3. The number of amides is 2. The van der Waals surface area contributed by atoms with Gasteiger partial charge < -0.3 is 34.1 Å². The lowest BCUT2D eigenvalue weighted by Crippen LogP contribution is -2.50. The molecule has 10 heteroatoms. The third kappa shape index (κ3) is 7.25. The summed E-state index contributed by atoms with van der Waals surface area (Å²) in [7, 11) is 1.67. The van der Waals surface area contributed by atoms with Gasteiger partial charge in [-0.25, -0.2) is 9.18 Å². The van der Waals surface area contributed by atoms with E-state index in [9.17, 15) is 19.1 Å². The lowest BCUT2D eigenvalue weighted by molar-refractivity contribution is 0.0514. The van der Waals surface area contributed by atoms with E-state index in [1.807, 2.05) is 6.07 Å². The fourth-order valence-electron chi connectivity index (χ4n) is 5.83. The molecule has 236 valence electrons. The van der Waals surface area contributed by atoms with Crippen molar-refractivity contribution in [3.8, 4) is 28.4 Å². The second-order valence-electron chi connectivity index (χ2n) is 12.4. The standard InChI is InChI=1S/C34H42FN3O6/c1-21-16-24(35)17-22(2)32(21)44-29-11-6-23(34(3,4)41)18-27(29)28-20-37(5)31(39)19-30(28)43-26-9-7-25(8-10-26)36-33(40)38-12-14-42-15-13-38/h6,11,16-20,25-26,41H,7-10,12-15H2,1-5H3,(H,36,40)/t25-,26-. The minimum atomic E-state index is -1.14. The Morgan fingerprint density at radius 3 is 2.30 bits per heavy atom. The van der Waals surface area contributed by atoms with E-state index < -0.39 is 5.60 Å². The Morgan fingerprint density at radius 1 is 1.00 bits per heavy atom. The van der Waals surface area contributed by atoms with Crippen LogP contribution in [0, 0.1) is 19.7 Å². The summed E-state index contributed by atoms with van der Waals surface area (Å²) in [6.45, 7) is 9.29. The number of aryl methyl sites for hydroxylation is 3. The number of hydrogen-bond acceptors (Lipinski definition) is 6. The molecular formula is C34H42FN3O6. The largest absolute Gasteiger partial charge is 0.490 e. The average molecular weight is 608 g/mol. The van der Waals surface area contributed by atoms with Gasteiger partial charge in [-0.05, 0) is 94.3 Å². The van der Waals surface area contributed by atoms with Crippen LogP contribution in [-0.2, 0) is 17.4 Å². The number of morpholine rings is 1. The SMILES string of the molecule is Cc1cc(F)cc(C)c1Oc1ccc(C(C)(C)O)cc1-c1cn(C)c(=O)cc1O[C@H]1CC[C@H](NC(=O)N2CCOCC2)CC1. The molecule has 2 amide bonds. The van der Waals surface area contributed by atoms with E-state index in [4.69, 9.17) is 14.2 Å². The first-order chi connectivity index (χ1) is 20.9. The zero-order valence-corrected chi connectivity index (χ0v) is 26.1. The number of nitrogens with zero attached hydrogens (tertiary/aromatic N) is 2. The zero-order valence-electron chi connectivity index (χ0n) is 26.1. The minimum absolute atomic E-state index is 0.0546. The second-order valence-corrected chi connectivity index (χ2v) is 12.4. The number of halogens is 1. The van der Waals surface area contributed by atoms with Crippen LogP contribution in [0.25, 0.3) is 11.1 Å². The van der Waals surface area contributed by atoms with Gasteiger partial charge in [-0.1, -0.05) is 6.07 Å². The molecule has 9 nitrogen and oxygen atoms in total. The van der Waals surface area contributed by atoms with Crippen LogP contribution in [0.1, 0.15) is 56.2 Å². The molecule has 2 aliphatic rings. The van der Waals surface area contributed by atoms with Gasteiger partial charge in [0, 0.05) is 49.6 Å². The Balaban J connectivity index is 1.42. The molecule has 0 atom stereocenters. The number of urea groups is 1. The van der Waals surface area contributed by atoms with Gasteiger partial charge in [-0.3, -0.25) is 4.79 Å². The van der Waals surface area contributed by atoms with Crippen LogP contribution in [0.15, 0.2) is 47.4 Å². The second kappa shape index (κ2) is 13.0. The van der Waals surface area contributed by atoms with Gasteiger partial charge in [-0.15, -0.1) is 0 Å². The fraction of sp³-hybridized carbons (Fsp3) is 0.471. The molecule has 2 fully saturated rings. The molecule has 0 bridgehead atoms. The molecule has 44 heavy (non-hydrogen) atoms. The van der Waals surface area contributed by atoms with Crippen molar-refractivity contribution in [2.75, 3.05) is 26.3 Å². The van der Waals surface area contributed by atoms with Crippen LogP contribution in [0.2, 0.25) is 0 Å². The van der Waals surface area contributed by atoms with E-state index in [0.29, 0.717) is 84.2 Å². The predicted octanol–water partition coefficient (Wildman–Crippen LogP) is 5.56. The van der Waals surface area contributed by atoms with Gasteiger partial charge in [0.05, 0.1) is 24.9 Å². The van der Waals surface area contributed by atoms with E-state index in [1.54, 1.807) is 58.0 Å². The molecule has 1 saturated carbocycles. The molecular weight excluding hydrogens is 565 g/mol. The summed E-state index contributed by atoms with van der Waals surface area (Å²) in [6, 6.07) is 9.74. The van der Waals surface area contributed by atoms with Crippen molar-refractivity contribution < 1.29 is 28.5 Å². The summed E-state index contributed by atoms with van der Waals surface area (Å²) in [5, 5.41) is 14.0. The molecule has 3 aromatic rings. The van der Waals surface area contributed by atoms with Crippen molar-refractivity contribution in [2.45, 2.75) is 71.1 Å². The number of pyridine rings is 1. The van der Waals surface area contributed by atoms with E-state index >= 15 is 0 Å². The van der Waals surface area contributed by atoms with Crippen molar-refractivity contribution in [1.82, 2.24) is 14.8 Å². The van der Waals surface area contributed by atoms with Crippen LogP contribution >= 0.6 is 0 Å². The van der Waals surface area contributed by atoms with Crippen LogP contribution < -0.4 is 20.3 Å². The topological polar surface area (TPSA) is 102 Å². The highest BCUT2D eigenvalue weighted by Gasteiger charge is 2.28. The van der Waals surface area contributed by atoms with E-state index in [0.717, 1.165) is 12.8 Å². The molecule has 1 aromatic heterocycles. The van der Waals surface area contributed by atoms with E-state index in [2.05, 4.69) is 5.32 Å². The summed E-state index contributed by atoms with van der Waals surface area (Å²) in [6.07, 6.45) is 4.50. The number of carbonyl (C=O) groups excluding carboxylic acids is 1. The summed E-state index contributed by atoms with van der Waals surface area (Å²) in [5.41, 5.74) is 1.85. The summed E-state index contributed by atoms with van der Waals surface area (Å²) >= 11 is 0. The number of aliphatic hydroxyl groups is 1. The highest BCUT2D eigenvalue weighted by molar-refractivity contribution is 5.77. The minimum Gasteiger partial charge on any atom is -0.490 e. The number of nitrogens with one attached hydrogen (secondary N) is 1. The van der Waals surface area contributed by atoms with Gasteiger partial charge in [0.1, 0.15) is 23.1 Å². The number of benzene rings is 2. The molecule has 1 saturated heterocycles. The Bertz CT molecular complexity index is 1540. The maximum atomic E-state index is 14.0.